The first-order valence-corrected chi connectivity index (χ1v) is 8.96. The van der Waals surface area contributed by atoms with E-state index in [1.54, 1.807) is 0 Å². The van der Waals surface area contributed by atoms with Gasteiger partial charge in [-0.05, 0) is 19.8 Å². The summed E-state index contributed by atoms with van der Waals surface area (Å²) in [7, 11) is 0. The number of hydrogen-bond acceptors (Lipinski definition) is 4. The van der Waals surface area contributed by atoms with Crippen LogP contribution in [0.3, 0.4) is 0 Å². The van der Waals surface area contributed by atoms with Crippen LogP contribution in [-0.2, 0) is 4.74 Å². The van der Waals surface area contributed by atoms with Gasteiger partial charge in [0.2, 0.25) is 0 Å². The van der Waals surface area contributed by atoms with Crippen LogP contribution in [0.2, 0.25) is 0 Å². The van der Waals surface area contributed by atoms with Gasteiger partial charge in [-0.25, -0.2) is 0 Å². The molecule has 2 aliphatic heterocycles. The lowest BCUT2D eigenvalue weighted by Crippen LogP contribution is -2.52. The van der Waals surface area contributed by atoms with Gasteiger partial charge in [0.1, 0.15) is 0 Å². The van der Waals surface area contributed by atoms with Crippen LogP contribution in [0.5, 0.6) is 0 Å². The van der Waals surface area contributed by atoms with Crippen LogP contribution >= 0.6 is 0 Å². The zero-order valence-electron chi connectivity index (χ0n) is 14.1. The van der Waals surface area contributed by atoms with Gasteiger partial charge in [0.15, 0.2) is 0 Å². The minimum atomic E-state index is 0.203. The molecule has 2 saturated heterocycles. The maximum Gasteiger partial charge on any atom is 0.0594 e. The number of hydrogen-bond donors (Lipinski definition) is 1. The zero-order valence-corrected chi connectivity index (χ0v) is 14.1. The van der Waals surface area contributed by atoms with Crippen molar-refractivity contribution in [1.82, 2.24) is 9.80 Å². The van der Waals surface area contributed by atoms with E-state index in [0.717, 1.165) is 38.9 Å². The normalized spacial score (nSPS) is 27.9. The molecule has 0 aliphatic carbocycles. The molecular weight excluding hydrogens is 262 g/mol. The summed E-state index contributed by atoms with van der Waals surface area (Å²) in [6, 6.07) is 0.718. The Morgan fingerprint density at radius 3 is 2.57 bits per heavy atom. The van der Waals surface area contributed by atoms with Gasteiger partial charge < -0.3 is 10.5 Å². The highest BCUT2D eigenvalue weighted by Crippen LogP contribution is 2.28. The van der Waals surface area contributed by atoms with E-state index >= 15 is 0 Å². The molecule has 21 heavy (non-hydrogen) atoms. The van der Waals surface area contributed by atoms with Gasteiger partial charge in [-0.15, -0.1) is 0 Å². The molecule has 2 fully saturated rings. The maximum absolute atomic E-state index is 6.15. The highest BCUT2D eigenvalue weighted by Gasteiger charge is 2.37. The maximum atomic E-state index is 6.15. The summed E-state index contributed by atoms with van der Waals surface area (Å²) in [6.45, 7) is 11.9. The number of likely N-dealkylation sites (tertiary alicyclic amines) is 1. The number of rotatable bonds is 8. The lowest BCUT2D eigenvalue weighted by Gasteiger charge is -2.39. The summed E-state index contributed by atoms with van der Waals surface area (Å²) in [5.41, 5.74) is 6.35. The van der Waals surface area contributed by atoms with Crippen molar-refractivity contribution in [2.45, 2.75) is 64.0 Å². The Kier molecular flexibility index (Phi) is 6.93. The number of unbranched alkanes of at least 4 members (excludes halogenated alkanes) is 3. The molecule has 0 bridgehead atoms. The molecule has 2 heterocycles. The van der Waals surface area contributed by atoms with Crippen molar-refractivity contribution in [1.29, 1.82) is 0 Å². The Labute approximate surface area is 131 Å². The Bertz CT molecular complexity index is 294. The van der Waals surface area contributed by atoms with Gasteiger partial charge in [-0.3, -0.25) is 9.80 Å². The van der Waals surface area contributed by atoms with Crippen LogP contribution in [0.25, 0.3) is 0 Å². The van der Waals surface area contributed by atoms with Gasteiger partial charge in [0, 0.05) is 44.3 Å². The van der Waals surface area contributed by atoms with Crippen molar-refractivity contribution in [3.05, 3.63) is 0 Å². The van der Waals surface area contributed by atoms with Gasteiger partial charge in [-0.2, -0.15) is 0 Å². The summed E-state index contributed by atoms with van der Waals surface area (Å²) >= 11 is 0. The quantitative estimate of drug-likeness (QED) is 0.697. The Morgan fingerprint density at radius 2 is 1.90 bits per heavy atom. The van der Waals surface area contributed by atoms with E-state index in [1.165, 1.54) is 51.6 Å². The fourth-order valence-electron chi connectivity index (χ4n) is 3.79. The minimum absolute atomic E-state index is 0.203. The molecule has 2 rings (SSSR count). The molecule has 4 heteroatoms. The van der Waals surface area contributed by atoms with E-state index in [4.69, 9.17) is 10.5 Å². The summed E-state index contributed by atoms with van der Waals surface area (Å²) in [6.07, 6.45) is 7.89. The number of morpholine rings is 1. The van der Waals surface area contributed by atoms with Crippen LogP contribution in [0.4, 0.5) is 0 Å². The van der Waals surface area contributed by atoms with Crippen LogP contribution in [0.15, 0.2) is 0 Å². The number of ether oxygens (including phenoxy) is 1. The second-order valence-corrected chi connectivity index (χ2v) is 7.05. The van der Waals surface area contributed by atoms with E-state index in [-0.39, 0.29) is 5.54 Å². The van der Waals surface area contributed by atoms with Gasteiger partial charge in [0.05, 0.1) is 13.2 Å². The number of nitrogens with two attached hydrogens (primary N) is 1. The van der Waals surface area contributed by atoms with Crippen molar-refractivity contribution in [3.63, 3.8) is 0 Å². The average molecular weight is 297 g/mol. The monoisotopic (exact) mass is 297 g/mol. The third kappa shape index (κ3) is 4.65. The Balaban J connectivity index is 1.81. The molecule has 4 nitrogen and oxygen atoms in total. The molecule has 0 spiro atoms. The molecule has 2 aliphatic rings. The van der Waals surface area contributed by atoms with E-state index in [9.17, 15) is 0 Å². The second kappa shape index (κ2) is 8.47. The van der Waals surface area contributed by atoms with E-state index in [1.807, 2.05) is 0 Å². The summed E-state index contributed by atoms with van der Waals surface area (Å²) < 4.78 is 5.48. The standard InChI is InChI=1S/C17H35N3O/c1-3-4-5-6-8-17(2,15-18)20-9-7-16(14-20)19-10-12-21-13-11-19/h16H,3-15,18H2,1-2H3. The van der Waals surface area contributed by atoms with E-state index in [2.05, 4.69) is 23.6 Å². The topological polar surface area (TPSA) is 41.7 Å². The fraction of sp³-hybridized carbons (Fsp3) is 1.00. The molecule has 0 aromatic heterocycles. The van der Waals surface area contributed by atoms with E-state index < -0.39 is 0 Å². The molecule has 0 amide bonds. The molecule has 124 valence electrons. The molecule has 0 aromatic rings. The summed E-state index contributed by atoms with van der Waals surface area (Å²) in [5, 5.41) is 0. The Morgan fingerprint density at radius 1 is 1.14 bits per heavy atom. The second-order valence-electron chi connectivity index (χ2n) is 7.05. The third-order valence-corrected chi connectivity index (χ3v) is 5.50. The first kappa shape index (κ1) is 17.2. The summed E-state index contributed by atoms with van der Waals surface area (Å²) in [5.74, 6) is 0. The van der Waals surface area contributed by atoms with Crippen molar-refractivity contribution in [2.75, 3.05) is 45.9 Å². The van der Waals surface area contributed by atoms with Gasteiger partial charge in [0.25, 0.3) is 0 Å². The fourth-order valence-corrected chi connectivity index (χ4v) is 3.79. The minimum Gasteiger partial charge on any atom is -0.379 e. The van der Waals surface area contributed by atoms with Gasteiger partial charge >= 0.3 is 0 Å². The highest BCUT2D eigenvalue weighted by atomic mass is 16.5. The highest BCUT2D eigenvalue weighted by molar-refractivity contribution is 4.95. The predicted molar refractivity (Wildman–Crippen MR) is 88.6 cm³/mol. The lowest BCUT2D eigenvalue weighted by molar-refractivity contribution is 0.0150. The molecule has 2 atom stereocenters. The van der Waals surface area contributed by atoms with Crippen molar-refractivity contribution in [2.24, 2.45) is 5.73 Å². The van der Waals surface area contributed by atoms with Crippen molar-refractivity contribution in [3.8, 4) is 0 Å². The molecule has 2 N–H and O–H groups in total. The largest absolute Gasteiger partial charge is 0.379 e. The van der Waals surface area contributed by atoms with Crippen LogP contribution in [-0.4, -0.2) is 67.3 Å². The smallest absolute Gasteiger partial charge is 0.0594 e. The molecule has 2 unspecified atom stereocenters. The molecule has 0 aromatic carbocycles. The van der Waals surface area contributed by atoms with Gasteiger partial charge in [-0.1, -0.05) is 32.6 Å². The molecule has 0 saturated carbocycles. The zero-order chi connectivity index (χ0) is 15.1. The Hall–Kier alpha value is -0.160. The lowest BCUT2D eigenvalue weighted by atomic mass is 9.92. The van der Waals surface area contributed by atoms with Crippen LogP contribution in [0.1, 0.15) is 52.4 Å². The SMILES string of the molecule is CCCCCCC(C)(CN)N1CCC(N2CCOCC2)C1. The molecular formula is C17H35N3O. The van der Waals surface area contributed by atoms with Crippen molar-refractivity contribution < 1.29 is 4.74 Å². The van der Waals surface area contributed by atoms with Crippen molar-refractivity contribution >= 4 is 0 Å². The van der Waals surface area contributed by atoms with E-state index in [0.29, 0.717) is 0 Å². The first-order valence-electron chi connectivity index (χ1n) is 8.96. The van der Waals surface area contributed by atoms with Crippen LogP contribution < -0.4 is 5.73 Å². The summed E-state index contributed by atoms with van der Waals surface area (Å²) in [4.78, 5) is 5.29. The third-order valence-electron chi connectivity index (χ3n) is 5.50. The average Bonchev–Trinajstić information content (AvgIpc) is 3.03. The molecule has 0 radical (unpaired) electrons. The first-order chi connectivity index (χ1) is 10.2. The number of nitrogens with zero attached hydrogens (tertiary/aromatic N) is 2. The predicted octanol–water partition coefficient (Wildman–Crippen LogP) is 2.08. The van der Waals surface area contributed by atoms with Crippen LogP contribution in [0, 0.1) is 0 Å².